The maximum absolute atomic E-state index is 13.7. The first kappa shape index (κ1) is 22.8. The Morgan fingerprint density at radius 3 is 2.57 bits per heavy atom. The Balaban J connectivity index is 1.35. The second-order valence-electron chi connectivity index (χ2n) is 10.4. The van der Waals surface area contributed by atoms with Crippen molar-refractivity contribution in [2.24, 2.45) is 0 Å². The number of hydrogen-bond acceptors (Lipinski definition) is 5. The lowest BCUT2D eigenvalue weighted by Gasteiger charge is -2.41. The minimum Gasteiger partial charge on any atom is -0.379 e. The third-order valence-corrected chi connectivity index (χ3v) is 8.79. The molecule has 2 saturated heterocycles. The molecule has 3 aliphatic rings. The maximum atomic E-state index is 13.7. The van der Waals surface area contributed by atoms with Crippen LogP contribution in [0.1, 0.15) is 59.4 Å². The van der Waals surface area contributed by atoms with Gasteiger partial charge in [0.15, 0.2) is 5.78 Å². The molecule has 0 radical (unpaired) electrons. The minimum atomic E-state index is -0.369. The van der Waals surface area contributed by atoms with E-state index in [2.05, 4.69) is 56.7 Å². The van der Waals surface area contributed by atoms with E-state index in [9.17, 15) is 10.1 Å². The molecule has 6 nitrogen and oxygen atoms in total. The molecule has 2 aromatic carbocycles. The van der Waals surface area contributed by atoms with Crippen LogP contribution >= 0.6 is 15.9 Å². The van der Waals surface area contributed by atoms with Crippen molar-refractivity contribution in [2.75, 3.05) is 44.3 Å². The second-order valence-corrected chi connectivity index (χ2v) is 11.3. The van der Waals surface area contributed by atoms with E-state index in [-0.39, 0.29) is 11.2 Å². The number of anilines is 1. The van der Waals surface area contributed by atoms with Crippen LogP contribution in [0.4, 0.5) is 5.69 Å². The van der Waals surface area contributed by atoms with E-state index in [4.69, 9.17) is 4.74 Å². The van der Waals surface area contributed by atoms with Crippen molar-refractivity contribution in [1.29, 1.82) is 5.26 Å². The summed E-state index contributed by atoms with van der Waals surface area (Å²) < 4.78 is 6.50. The Bertz CT molecular complexity index is 1370. The summed E-state index contributed by atoms with van der Waals surface area (Å²) >= 11 is 3.80. The van der Waals surface area contributed by atoms with E-state index in [0.29, 0.717) is 11.6 Å². The fourth-order valence-corrected chi connectivity index (χ4v) is 6.76. The molecule has 3 heterocycles. The number of nitrogens with zero attached hydrogens (tertiary/aromatic N) is 3. The van der Waals surface area contributed by atoms with E-state index in [1.165, 1.54) is 0 Å². The van der Waals surface area contributed by atoms with Crippen molar-refractivity contribution < 1.29 is 9.53 Å². The molecule has 0 unspecified atom stereocenters. The second kappa shape index (κ2) is 8.48. The van der Waals surface area contributed by atoms with Crippen LogP contribution in [0.15, 0.2) is 34.8 Å². The molecule has 2 fully saturated rings. The number of piperidine rings is 1. The molecule has 0 spiro atoms. The molecule has 0 atom stereocenters. The lowest BCUT2D eigenvalue weighted by Crippen LogP contribution is -2.49. The smallest absolute Gasteiger partial charge is 0.195 e. The third kappa shape index (κ3) is 3.62. The van der Waals surface area contributed by atoms with Gasteiger partial charge in [0.2, 0.25) is 0 Å². The van der Waals surface area contributed by atoms with Crippen LogP contribution in [0.25, 0.3) is 10.9 Å². The van der Waals surface area contributed by atoms with Gasteiger partial charge in [-0.3, -0.25) is 9.69 Å². The zero-order valence-electron chi connectivity index (χ0n) is 20.2. The number of H-pyrrole nitrogens is 1. The average Bonchev–Trinajstić information content (AvgIpc) is 3.28. The van der Waals surface area contributed by atoms with Crippen LogP contribution in [0.3, 0.4) is 0 Å². The van der Waals surface area contributed by atoms with Gasteiger partial charge in [0, 0.05) is 64.3 Å². The molecule has 1 aliphatic carbocycles. The van der Waals surface area contributed by atoms with Gasteiger partial charge in [-0.2, -0.15) is 5.26 Å². The highest BCUT2D eigenvalue weighted by Crippen LogP contribution is 2.46. The van der Waals surface area contributed by atoms with Crippen LogP contribution in [-0.4, -0.2) is 61.1 Å². The van der Waals surface area contributed by atoms with Crippen LogP contribution in [0.2, 0.25) is 0 Å². The van der Waals surface area contributed by atoms with E-state index in [0.717, 1.165) is 95.7 Å². The number of rotatable bonds is 2. The first-order valence-electron chi connectivity index (χ1n) is 12.4. The van der Waals surface area contributed by atoms with Gasteiger partial charge >= 0.3 is 0 Å². The van der Waals surface area contributed by atoms with Gasteiger partial charge in [0.1, 0.15) is 0 Å². The van der Waals surface area contributed by atoms with Crippen LogP contribution in [0, 0.1) is 11.3 Å². The predicted octanol–water partition coefficient (Wildman–Crippen LogP) is 4.97. The number of fused-ring (bicyclic) bond motifs is 4. The van der Waals surface area contributed by atoms with Gasteiger partial charge in [0.25, 0.3) is 0 Å². The molecule has 3 aromatic rings. The van der Waals surface area contributed by atoms with Crippen molar-refractivity contribution >= 4 is 38.3 Å². The van der Waals surface area contributed by atoms with Gasteiger partial charge in [-0.05, 0) is 58.6 Å². The molecule has 180 valence electrons. The number of carbonyl (C=O) groups is 1. The third-order valence-electron chi connectivity index (χ3n) is 8.15. The van der Waals surface area contributed by atoms with Gasteiger partial charge in [0.05, 0.1) is 36.1 Å². The highest BCUT2D eigenvalue weighted by Gasteiger charge is 2.40. The van der Waals surface area contributed by atoms with Gasteiger partial charge in [-0.25, -0.2) is 0 Å². The lowest BCUT2D eigenvalue weighted by molar-refractivity contribution is 0.0115. The molecule has 0 bridgehead atoms. The molecule has 7 heteroatoms. The van der Waals surface area contributed by atoms with Crippen molar-refractivity contribution in [3.63, 3.8) is 0 Å². The number of carbonyl (C=O) groups excluding carboxylic acids is 1. The average molecular weight is 533 g/mol. The van der Waals surface area contributed by atoms with Crippen LogP contribution in [0.5, 0.6) is 0 Å². The fraction of sp³-hybridized carbons (Fsp3) is 0.429. The van der Waals surface area contributed by atoms with Gasteiger partial charge in [-0.15, -0.1) is 0 Å². The maximum Gasteiger partial charge on any atom is 0.195 e. The van der Waals surface area contributed by atoms with E-state index >= 15 is 0 Å². The normalized spacial score (nSPS) is 20.5. The molecule has 6 rings (SSSR count). The van der Waals surface area contributed by atoms with Gasteiger partial charge in [-0.1, -0.05) is 19.9 Å². The van der Waals surface area contributed by atoms with E-state index in [1.54, 1.807) is 6.07 Å². The highest BCUT2D eigenvalue weighted by atomic mass is 79.9. The Morgan fingerprint density at radius 1 is 1.11 bits per heavy atom. The number of halogens is 1. The van der Waals surface area contributed by atoms with Crippen molar-refractivity contribution in [2.45, 2.75) is 38.1 Å². The number of nitriles is 1. The summed E-state index contributed by atoms with van der Waals surface area (Å²) in [6.45, 7) is 10.1. The number of aromatic amines is 1. The molecule has 0 saturated carbocycles. The molecular weight excluding hydrogens is 504 g/mol. The topological polar surface area (TPSA) is 72.4 Å². The molecule has 35 heavy (non-hydrogen) atoms. The lowest BCUT2D eigenvalue weighted by atomic mass is 9.71. The largest absolute Gasteiger partial charge is 0.379 e. The summed E-state index contributed by atoms with van der Waals surface area (Å²) in [4.78, 5) is 22.3. The summed E-state index contributed by atoms with van der Waals surface area (Å²) in [6.07, 6.45) is 2.28. The summed E-state index contributed by atoms with van der Waals surface area (Å²) in [5, 5.41) is 10.2. The molecule has 2 aliphatic heterocycles. The summed E-state index contributed by atoms with van der Waals surface area (Å²) in [7, 11) is 0. The zero-order valence-corrected chi connectivity index (χ0v) is 21.7. The van der Waals surface area contributed by atoms with E-state index < -0.39 is 0 Å². The number of ketones is 1. The number of hydrogen-bond donors (Lipinski definition) is 1. The number of morpholine rings is 1. The Hall–Kier alpha value is -2.66. The van der Waals surface area contributed by atoms with Crippen molar-refractivity contribution in [1.82, 2.24) is 9.88 Å². The Kier molecular flexibility index (Phi) is 5.52. The first-order valence-corrected chi connectivity index (χ1v) is 13.2. The van der Waals surface area contributed by atoms with E-state index in [1.807, 2.05) is 18.2 Å². The number of ether oxygens (including phenoxy) is 1. The highest BCUT2D eigenvalue weighted by molar-refractivity contribution is 9.10. The van der Waals surface area contributed by atoms with Crippen molar-refractivity contribution in [3.05, 3.63) is 62.8 Å². The fourth-order valence-electron chi connectivity index (χ4n) is 6.16. The summed E-state index contributed by atoms with van der Waals surface area (Å²) in [6, 6.07) is 12.6. The van der Waals surface area contributed by atoms with Crippen molar-refractivity contribution in [3.8, 4) is 6.07 Å². The molecule has 1 N–H and O–H groups in total. The molecule has 0 amide bonds. The van der Waals surface area contributed by atoms with Crippen LogP contribution < -0.4 is 4.90 Å². The monoisotopic (exact) mass is 532 g/mol. The Morgan fingerprint density at radius 2 is 1.86 bits per heavy atom. The number of nitrogens with one attached hydrogen (secondary N) is 1. The first-order chi connectivity index (χ1) is 16.9. The quantitative estimate of drug-likeness (QED) is 0.504. The Labute approximate surface area is 214 Å². The SMILES string of the molecule is CC1(C)c2cc(N3CCC(N4CCOCC4)CC3)c(Br)cc2C(=O)c2c1[nH]c1cc(C#N)ccc21. The molecule has 1 aromatic heterocycles. The summed E-state index contributed by atoms with van der Waals surface area (Å²) in [5.74, 6) is 0.0450. The predicted molar refractivity (Wildman–Crippen MR) is 140 cm³/mol. The van der Waals surface area contributed by atoms with Crippen LogP contribution in [-0.2, 0) is 10.2 Å². The number of aromatic nitrogens is 1. The zero-order chi connectivity index (χ0) is 24.3. The molecular formula is C28H29BrN4O2. The standard InChI is InChI=1S/C28H29BrN4O2/c1-28(2)21-15-24(33-7-5-18(6-8-33)32-9-11-35-12-10-32)22(29)14-20(21)26(34)25-19-4-3-17(16-30)13-23(19)31-27(25)28/h3-4,13-15,18,31H,5-12H2,1-2H3. The number of benzene rings is 2. The summed E-state index contributed by atoms with van der Waals surface area (Å²) in [5.41, 5.74) is 5.69. The van der Waals surface area contributed by atoms with Gasteiger partial charge < -0.3 is 14.6 Å². The minimum absolute atomic E-state index is 0.0450.